The Kier molecular flexibility index (Phi) is 8.90. The molecule has 0 radical (unpaired) electrons. The molecular formula is C32H34NO5P. The van der Waals surface area contributed by atoms with Gasteiger partial charge in [-0.3, -0.25) is 10.1 Å². The molecule has 0 amide bonds. The highest BCUT2D eigenvalue weighted by atomic mass is 31.2. The summed E-state index contributed by atoms with van der Waals surface area (Å²) in [5.41, 5.74) is 6.81. The second-order valence-corrected chi connectivity index (χ2v) is 11.9. The van der Waals surface area contributed by atoms with Crippen molar-refractivity contribution in [1.29, 1.82) is 0 Å². The van der Waals surface area contributed by atoms with Gasteiger partial charge in [-0.2, -0.15) is 0 Å². The first-order valence-electron chi connectivity index (χ1n) is 12.8. The fourth-order valence-electron chi connectivity index (χ4n) is 4.54. The lowest BCUT2D eigenvalue weighted by molar-refractivity contribution is -0.139. The molecule has 39 heavy (non-hydrogen) atoms. The van der Waals surface area contributed by atoms with E-state index in [9.17, 15) is 14.5 Å². The SMILES string of the molecule is Cc1cc(C)cc(OP(=O)(CN[C@@H](Cc2ccc(-c3ccccc3)cc2)C(=O)O)Oc2cc(C)cc(C)c2)c1. The van der Waals surface area contributed by atoms with Gasteiger partial charge in [-0.1, -0.05) is 66.7 Å². The van der Waals surface area contributed by atoms with Crippen LogP contribution in [0.4, 0.5) is 0 Å². The van der Waals surface area contributed by atoms with Crippen molar-refractivity contribution in [2.75, 3.05) is 6.29 Å². The molecule has 4 rings (SSSR count). The zero-order valence-electron chi connectivity index (χ0n) is 22.7. The Morgan fingerprint density at radius 1 is 0.744 bits per heavy atom. The normalized spacial score (nSPS) is 12.1. The second kappa shape index (κ2) is 12.3. The van der Waals surface area contributed by atoms with Gasteiger partial charge in [0, 0.05) is 0 Å². The summed E-state index contributed by atoms with van der Waals surface area (Å²) in [6.07, 6.45) is -0.0798. The fourth-order valence-corrected chi connectivity index (χ4v) is 6.01. The summed E-state index contributed by atoms with van der Waals surface area (Å²) in [6.45, 7) is 7.71. The summed E-state index contributed by atoms with van der Waals surface area (Å²) >= 11 is 0. The molecule has 2 N–H and O–H groups in total. The molecule has 6 nitrogen and oxygen atoms in total. The zero-order valence-corrected chi connectivity index (χ0v) is 23.6. The molecule has 1 atom stereocenters. The molecule has 202 valence electrons. The van der Waals surface area contributed by atoms with Gasteiger partial charge in [-0.25, -0.2) is 4.57 Å². The standard InChI is InChI=1S/C32H34NO5P/c1-22-14-23(2)17-29(16-22)37-39(36,38-30-18-24(3)15-25(4)19-30)21-33-31(32(34)35)20-26-10-12-28(13-11-26)27-8-6-5-7-9-27/h5-19,31,33H,20-21H2,1-4H3,(H,34,35)/t31-/m0/s1. The number of hydrogen-bond donors (Lipinski definition) is 2. The summed E-state index contributed by atoms with van der Waals surface area (Å²) in [4.78, 5) is 12.2. The number of hydrogen-bond acceptors (Lipinski definition) is 5. The van der Waals surface area contributed by atoms with E-state index in [1.165, 1.54) is 0 Å². The maximum Gasteiger partial charge on any atom is 0.444 e. The molecule has 0 aliphatic carbocycles. The van der Waals surface area contributed by atoms with E-state index >= 15 is 0 Å². The molecule has 0 unspecified atom stereocenters. The Bertz CT molecular complexity index is 1390. The van der Waals surface area contributed by atoms with Crippen LogP contribution in [0.2, 0.25) is 0 Å². The third-order valence-electron chi connectivity index (χ3n) is 6.21. The van der Waals surface area contributed by atoms with Crippen LogP contribution in [0.1, 0.15) is 27.8 Å². The third-order valence-corrected chi connectivity index (χ3v) is 7.76. The van der Waals surface area contributed by atoms with Crippen molar-refractivity contribution in [2.45, 2.75) is 40.2 Å². The van der Waals surface area contributed by atoms with Gasteiger partial charge in [0.15, 0.2) is 0 Å². The highest BCUT2D eigenvalue weighted by Crippen LogP contribution is 2.48. The molecule has 0 spiro atoms. The van der Waals surface area contributed by atoms with Crippen LogP contribution in [0.15, 0.2) is 91.0 Å². The number of rotatable bonds is 11. The topological polar surface area (TPSA) is 84.9 Å². The minimum atomic E-state index is -3.86. The van der Waals surface area contributed by atoms with Crippen LogP contribution in [0.5, 0.6) is 11.5 Å². The Morgan fingerprint density at radius 3 is 1.67 bits per heavy atom. The van der Waals surface area contributed by atoms with E-state index in [0.29, 0.717) is 11.5 Å². The molecular weight excluding hydrogens is 509 g/mol. The summed E-state index contributed by atoms with van der Waals surface area (Å²) in [6, 6.07) is 27.9. The van der Waals surface area contributed by atoms with E-state index in [-0.39, 0.29) is 12.7 Å². The third kappa shape index (κ3) is 8.06. The van der Waals surface area contributed by atoms with Crippen LogP contribution in [0.25, 0.3) is 11.1 Å². The van der Waals surface area contributed by atoms with Crippen molar-refractivity contribution in [3.63, 3.8) is 0 Å². The van der Waals surface area contributed by atoms with Crippen molar-refractivity contribution in [3.05, 3.63) is 119 Å². The lowest BCUT2D eigenvalue weighted by atomic mass is 10.0. The fraction of sp³-hybridized carbons (Fsp3) is 0.219. The van der Waals surface area contributed by atoms with E-state index in [1.807, 2.05) is 94.4 Å². The number of aliphatic carboxylic acids is 1. The molecule has 0 aliphatic rings. The Hall–Kier alpha value is -3.86. The Balaban J connectivity index is 1.53. The lowest BCUT2D eigenvalue weighted by Crippen LogP contribution is -2.39. The van der Waals surface area contributed by atoms with Gasteiger partial charge in [-0.15, -0.1) is 0 Å². The number of nitrogens with one attached hydrogen (secondary N) is 1. The zero-order chi connectivity index (χ0) is 28.0. The highest BCUT2D eigenvalue weighted by Gasteiger charge is 2.31. The van der Waals surface area contributed by atoms with Crippen molar-refractivity contribution in [2.24, 2.45) is 0 Å². The van der Waals surface area contributed by atoms with Crippen molar-refractivity contribution >= 4 is 13.6 Å². The molecule has 0 saturated heterocycles. The van der Waals surface area contributed by atoms with Crippen molar-refractivity contribution in [1.82, 2.24) is 5.32 Å². The largest absolute Gasteiger partial charge is 0.480 e. The molecule has 4 aromatic carbocycles. The minimum Gasteiger partial charge on any atom is -0.480 e. The molecule has 0 heterocycles. The van der Waals surface area contributed by atoms with E-state index in [1.54, 1.807) is 24.3 Å². The van der Waals surface area contributed by atoms with Gasteiger partial charge in [0.2, 0.25) is 0 Å². The van der Waals surface area contributed by atoms with Gasteiger partial charge in [0.1, 0.15) is 23.8 Å². The summed E-state index contributed by atoms with van der Waals surface area (Å²) in [5, 5.41) is 12.9. The van der Waals surface area contributed by atoms with E-state index in [0.717, 1.165) is 38.9 Å². The first-order chi connectivity index (χ1) is 18.6. The monoisotopic (exact) mass is 543 g/mol. The quantitative estimate of drug-likeness (QED) is 0.191. The Labute approximate surface area is 230 Å². The number of carboxylic acid groups (broad SMARTS) is 1. The van der Waals surface area contributed by atoms with Gasteiger partial charge >= 0.3 is 13.6 Å². The first kappa shape index (κ1) is 28.2. The summed E-state index contributed by atoms with van der Waals surface area (Å²) < 4.78 is 26.0. The molecule has 0 aliphatic heterocycles. The average Bonchev–Trinajstić information content (AvgIpc) is 2.86. The van der Waals surface area contributed by atoms with Gasteiger partial charge in [-0.05, 0) is 97.3 Å². The molecule has 0 fully saturated rings. The number of carboxylic acids is 1. The predicted octanol–water partition coefficient (Wildman–Crippen LogP) is 7.48. The molecule has 4 aromatic rings. The van der Waals surface area contributed by atoms with Crippen molar-refractivity contribution < 1.29 is 23.5 Å². The summed E-state index contributed by atoms with van der Waals surface area (Å²) in [5.74, 6) is -0.234. The van der Waals surface area contributed by atoms with Crippen LogP contribution in [0, 0.1) is 27.7 Å². The average molecular weight is 544 g/mol. The molecule has 0 saturated carbocycles. The second-order valence-electron chi connectivity index (χ2n) is 9.96. The maximum absolute atomic E-state index is 14.1. The Morgan fingerprint density at radius 2 is 1.21 bits per heavy atom. The van der Waals surface area contributed by atoms with Crippen LogP contribution in [0.3, 0.4) is 0 Å². The molecule has 0 aromatic heterocycles. The maximum atomic E-state index is 14.1. The van der Waals surface area contributed by atoms with Gasteiger partial charge in [0.05, 0.1) is 0 Å². The molecule has 0 bridgehead atoms. The van der Waals surface area contributed by atoms with Crippen LogP contribution >= 0.6 is 7.60 Å². The lowest BCUT2D eigenvalue weighted by Gasteiger charge is -2.23. The van der Waals surface area contributed by atoms with E-state index in [4.69, 9.17) is 9.05 Å². The molecule has 7 heteroatoms. The minimum absolute atomic E-state index is 0.206. The van der Waals surface area contributed by atoms with E-state index < -0.39 is 19.6 Å². The first-order valence-corrected chi connectivity index (χ1v) is 14.6. The van der Waals surface area contributed by atoms with Crippen LogP contribution in [-0.4, -0.2) is 23.4 Å². The highest BCUT2D eigenvalue weighted by molar-refractivity contribution is 7.54. The predicted molar refractivity (Wildman–Crippen MR) is 156 cm³/mol. The van der Waals surface area contributed by atoms with Gasteiger partial charge < -0.3 is 14.2 Å². The number of aryl methyl sites for hydroxylation is 4. The van der Waals surface area contributed by atoms with Crippen LogP contribution in [-0.2, 0) is 15.8 Å². The number of carbonyl (C=O) groups is 1. The smallest absolute Gasteiger partial charge is 0.444 e. The van der Waals surface area contributed by atoms with Gasteiger partial charge in [0.25, 0.3) is 0 Å². The van der Waals surface area contributed by atoms with Crippen molar-refractivity contribution in [3.8, 4) is 22.6 Å². The summed E-state index contributed by atoms with van der Waals surface area (Å²) in [7, 11) is -3.86. The van der Waals surface area contributed by atoms with E-state index in [2.05, 4.69) is 5.32 Å². The van der Waals surface area contributed by atoms with Crippen LogP contribution < -0.4 is 14.4 Å². The number of benzene rings is 4.